The number of nitrogens with zero attached hydrogens (tertiary/aromatic N) is 1. The highest BCUT2D eigenvalue weighted by Crippen LogP contribution is 2.19. The van der Waals surface area contributed by atoms with Crippen molar-refractivity contribution in [3.8, 4) is 6.07 Å². The SMILES string of the molecule is CCS(=O)(=O)c1ccccc1C(=O)O[C@H](C)C(=O)Nc1ccccc1C#N. The Kier molecular flexibility index (Phi) is 6.32. The van der Waals surface area contributed by atoms with Crippen LogP contribution in [-0.2, 0) is 19.4 Å². The lowest BCUT2D eigenvalue weighted by Crippen LogP contribution is -2.30. The summed E-state index contributed by atoms with van der Waals surface area (Å²) in [5, 5.41) is 11.6. The first-order valence-electron chi connectivity index (χ1n) is 8.13. The first-order chi connectivity index (χ1) is 12.8. The van der Waals surface area contributed by atoms with Gasteiger partial charge in [-0.3, -0.25) is 4.79 Å². The Labute approximate surface area is 157 Å². The van der Waals surface area contributed by atoms with Gasteiger partial charge in [0.05, 0.1) is 27.5 Å². The third-order valence-electron chi connectivity index (χ3n) is 3.78. The van der Waals surface area contributed by atoms with Crippen molar-refractivity contribution in [2.24, 2.45) is 0 Å². The monoisotopic (exact) mass is 386 g/mol. The lowest BCUT2D eigenvalue weighted by molar-refractivity contribution is -0.123. The zero-order valence-electron chi connectivity index (χ0n) is 14.8. The van der Waals surface area contributed by atoms with E-state index in [-0.39, 0.29) is 21.8 Å². The number of amides is 1. The number of anilines is 1. The molecular weight excluding hydrogens is 368 g/mol. The highest BCUT2D eigenvalue weighted by molar-refractivity contribution is 7.91. The molecule has 0 aliphatic heterocycles. The predicted molar refractivity (Wildman–Crippen MR) is 98.8 cm³/mol. The molecule has 8 heteroatoms. The number of carbonyl (C=O) groups is 2. The van der Waals surface area contributed by atoms with Gasteiger partial charge < -0.3 is 10.1 Å². The van der Waals surface area contributed by atoms with Gasteiger partial charge in [0, 0.05) is 0 Å². The first kappa shape index (κ1) is 20.1. The van der Waals surface area contributed by atoms with Gasteiger partial charge >= 0.3 is 5.97 Å². The second kappa shape index (κ2) is 8.47. The number of rotatable bonds is 6. The van der Waals surface area contributed by atoms with E-state index >= 15 is 0 Å². The lowest BCUT2D eigenvalue weighted by atomic mass is 10.2. The van der Waals surface area contributed by atoms with Gasteiger partial charge in [-0.25, -0.2) is 13.2 Å². The average Bonchev–Trinajstić information content (AvgIpc) is 2.68. The van der Waals surface area contributed by atoms with Gasteiger partial charge in [-0.05, 0) is 31.2 Å². The molecule has 0 aliphatic carbocycles. The second-order valence-corrected chi connectivity index (χ2v) is 7.84. The number of carbonyl (C=O) groups excluding carboxylic acids is 2. The Balaban J connectivity index is 2.17. The Hall–Kier alpha value is -3.18. The summed E-state index contributed by atoms with van der Waals surface area (Å²) in [4.78, 5) is 24.5. The minimum absolute atomic E-state index is 0.128. The zero-order valence-corrected chi connectivity index (χ0v) is 15.6. The van der Waals surface area contributed by atoms with Crippen LogP contribution < -0.4 is 5.32 Å². The van der Waals surface area contributed by atoms with Crippen molar-refractivity contribution in [3.63, 3.8) is 0 Å². The molecule has 2 aromatic rings. The summed E-state index contributed by atoms with van der Waals surface area (Å²) >= 11 is 0. The normalized spacial score (nSPS) is 11.9. The van der Waals surface area contributed by atoms with E-state index < -0.39 is 27.8 Å². The number of esters is 1. The number of ether oxygens (including phenoxy) is 1. The number of nitrogens with one attached hydrogen (secondary N) is 1. The summed E-state index contributed by atoms with van der Waals surface area (Å²) in [5.74, 6) is -1.72. The third kappa shape index (κ3) is 4.71. The van der Waals surface area contributed by atoms with E-state index in [0.29, 0.717) is 5.69 Å². The molecule has 0 saturated carbocycles. The topological polar surface area (TPSA) is 113 Å². The van der Waals surface area contributed by atoms with Crippen LogP contribution in [0, 0.1) is 11.3 Å². The van der Waals surface area contributed by atoms with Gasteiger partial charge in [-0.1, -0.05) is 31.2 Å². The molecule has 1 N–H and O–H groups in total. The highest BCUT2D eigenvalue weighted by atomic mass is 32.2. The molecule has 0 heterocycles. The van der Waals surface area contributed by atoms with Crippen molar-refractivity contribution in [2.45, 2.75) is 24.8 Å². The standard InChI is InChI=1S/C19H18N2O5S/c1-3-27(24,25)17-11-7-5-9-15(17)19(23)26-13(2)18(22)21-16-10-6-4-8-14(16)12-20/h4-11,13H,3H2,1-2H3,(H,21,22)/t13-/m1/s1. The maximum atomic E-state index is 12.4. The zero-order chi connectivity index (χ0) is 20.0. The Morgan fingerprint density at radius 2 is 1.78 bits per heavy atom. The van der Waals surface area contributed by atoms with Gasteiger partial charge in [0.1, 0.15) is 6.07 Å². The minimum Gasteiger partial charge on any atom is -0.449 e. The van der Waals surface area contributed by atoms with Crippen molar-refractivity contribution in [2.75, 3.05) is 11.1 Å². The molecule has 0 aliphatic rings. The van der Waals surface area contributed by atoms with Crippen LogP contribution in [-0.4, -0.2) is 32.2 Å². The van der Waals surface area contributed by atoms with Gasteiger partial charge in [-0.15, -0.1) is 0 Å². The molecule has 7 nitrogen and oxygen atoms in total. The van der Waals surface area contributed by atoms with E-state index in [1.807, 2.05) is 6.07 Å². The van der Waals surface area contributed by atoms with Crippen molar-refractivity contribution < 1.29 is 22.7 Å². The fourth-order valence-electron chi connectivity index (χ4n) is 2.26. The number of sulfone groups is 1. The average molecular weight is 386 g/mol. The molecule has 0 fully saturated rings. The molecule has 2 aromatic carbocycles. The quantitative estimate of drug-likeness (QED) is 0.763. The molecular formula is C19H18N2O5S. The fourth-order valence-corrected chi connectivity index (χ4v) is 3.35. The summed E-state index contributed by atoms with van der Waals surface area (Å²) in [6.45, 7) is 2.83. The number of benzene rings is 2. The van der Waals surface area contributed by atoms with Gasteiger partial charge in [-0.2, -0.15) is 5.26 Å². The first-order valence-corrected chi connectivity index (χ1v) is 9.78. The van der Waals surface area contributed by atoms with Crippen LogP contribution in [0.15, 0.2) is 53.4 Å². The largest absolute Gasteiger partial charge is 0.449 e. The number of nitriles is 1. The summed E-state index contributed by atoms with van der Waals surface area (Å²) in [6.07, 6.45) is -1.19. The van der Waals surface area contributed by atoms with Crippen molar-refractivity contribution in [3.05, 3.63) is 59.7 Å². The van der Waals surface area contributed by atoms with Gasteiger partial charge in [0.25, 0.3) is 5.91 Å². The number of hydrogen-bond acceptors (Lipinski definition) is 6. The Morgan fingerprint density at radius 3 is 2.44 bits per heavy atom. The van der Waals surface area contributed by atoms with Crippen LogP contribution in [0.4, 0.5) is 5.69 Å². The van der Waals surface area contributed by atoms with E-state index in [4.69, 9.17) is 10.00 Å². The summed E-state index contributed by atoms with van der Waals surface area (Å²) < 4.78 is 29.4. The van der Waals surface area contributed by atoms with Crippen molar-refractivity contribution in [1.29, 1.82) is 5.26 Å². The van der Waals surface area contributed by atoms with Crippen LogP contribution in [0.3, 0.4) is 0 Å². The minimum atomic E-state index is -3.62. The molecule has 27 heavy (non-hydrogen) atoms. The van der Waals surface area contributed by atoms with Crippen LogP contribution in [0.5, 0.6) is 0 Å². The van der Waals surface area contributed by atoms with Gasteiger partial charge in [0.2, 0.25) is 0 Å². The van der Waals surface area contributed by atoms with Crippen LogP contribution in [0.1, 0.15) is 29.8 Å². The molecule has 1 atom stereocenters. The second-order valence-electron chi connectivity index (χ2n) is 5.59. The van der Waals surface area contributed by atoms with Crippen molar-refractivity contribution >= 4 is 27.4 Å². The molecule has 1 amide bonds. The Bertz CT molecular complexity index is 1010. The third-order valence-corrected chi connectivity index (χ3v) is 5.57. The maximum Gasteiger partial charge on any atom is 0.340 e. The van der Waals surface area contributed by atoms with Crippen LogP contribution >= 0.6 is 0 Å². The van der Waals surface area contributed by atoms with E-state index in [2.05, 4.69) is 5.32 Å². The molecule has 0 radical (unpaired) electrons. The maximum absolute atomic E-state index is 12.4. The fraction of sp³-hybridized carbons (Fsp3) is 0.211. The molecule has 140 valence electrons. The molecule has 0 bridgehead atoms. The summed E-state index contributed by atoms with van der Waals surface area (Å²) in [7, 11) is -3.62. The van der Waals surface area contributed by atoms with Crippen LogP contribution in [0.25, 0.3) is 0 Å². The van der Waals surface area contributed by atoms with E-state index in [1.165, 1.54) is 44.2 Å². The number of para-hydroxylation sites is 1. The van der Waals surface area contributed by atoms with E-state index in [0.717, 1.165) is 0 Å². The molecule has 2 rings (SSSR count). The summed E-state index contributed by atoms with van der Waals surface area (Å²) in [6, 6.07) is 14.0. The highest BCUT2D eigenvalue weighted by Gasteiger charge is 2.25. The molecule has 0 unspecified atom stereocenters. The lowest BCUT2D eigenvalue weighted by Gasteiger charge is -2.15. The Morgan fingerprint density at radius 1 is 1.15 bits per heavy atom. The van der Waals surface area contributed by atoms with Gasteiger partial charge in [0.15, 0.2) is 15.9 Å². The van der Waals surface area contributed by atoms with Crippen LogP contribution in [0.2, 0.25) is 0 Å². The molecule has 0 spiro atoms. The number of hydrogen-bond donors (Lipinski definition) is 1. The molecule has 0 saturated heterocycles. The predicted octanol–water partition coefficient (Wildman–Crippen LogP) is 2.54. The smallest absolute Gasteiger partial charge is 0.340 e. The van der Waals surface area contributed by atoms with E-state index in [1.54, 1.807) is 18.2 Å². The summed E-state index contributed by atoms with van der Waals surface area (Å²) in [5.41, 5.74) is 0.432. The van der Waals surface area contributed by atoms with Crippen molar-refractivity contribution in [1.82, 2.24) is 0 Å². The molecule has 0 aromatic heterocycles. The van der Waals surface area contributed by atoms with E-state index in [9.17, 15) is 18.0 Å².